The molecule has 1 rings (SSSR count). The van der Waals surface area contributed by atoms with Crippen molar-refractivity contribution in [2.75, 3.05) is 14.2 Å². The number of ketones is 1. The summed E-state index contributed by atoms with van der Waals surface area (Å²) in [6.07, 6.45) is 6.91. The number of aliphatic hydroxyl groups is 2. The van der Waals surface area contributed by atoms with Crippen molar-refractivity contribution in [3.05, 3.63) is 25.3 Å². The van der Waals surface area contributed by atoms with Gasteiger partial charge in [-0.15, -0.1) is 0 Å². The highest BCUT2D eigenvalue weighted by Crippen LogP contribution is 2.12. The summed E-state index contributed by atoms with van der Waals surface area (Å²) in [5.74, 6) is -1.50. The van der Waals surface area contributed by atoms with E-state index >= 15 is 0 Å². The quantitative estimate of drug-likeness (QED) is 0.564. The zero-order chi connectivity index (χ0) is 17.7. The van der Waals surface area contributed by atoms with E-state index in [4.69, 9.17) is 20.4 Å². The van der Waals surface area contributed by atoms with Gasteiger partial charge >= 0.3 is 11.9 Å². The molecule has 1 fully saturated rings. The number of rotatable bonds is 2. The van der Waals surface area contributed by atoms with Crippen LogP contribution >= 0.6 is 0 Å². The monoisotopic (exact) mass is 306 g/mol. The highest BCUT2D eigenvalue weighted by atomic mass is 16.4. The van der Waals surface area contributed by atoms with Gasteiger partial charge in [0.2, 0.25) is 0 Å². The van der Waals surface area contributed by atoms with Crippen LogP contribution in [0.15, 0.2) is 25.3 Å². The molecule has 0 amide bonds. The number of aliphatic hydroxyl groups excluding tert-OH is 2. The van der Waals surface area contributed by atoms with Crippen molar-refractivity contribution in [1.82, 2.24) is 0 Å². The summed E-state index contributed by atoms with van der Waals surface area (Å²) in [4.78, 5) is 29.0. The van der Waals surface area contributed by atoms with Crippen LogP contribution in [0.25, 0.3) is 0 Å². The largest absolute Gasteiger partial charge is 0.478 e. The fourth-order valence-corrected chi connectivity index (χ4v) is 0.946. The first kappa shape index (κ1) is 27.4. The van der Waals surface area contributed by atoms with E-state index < -0.39 is 11.9 Å². The van der Waals surface area contributed by atoms with Crippen LogP contribution in [-0.4, -0.2) is 52.4 Å². The second-order valence-electron chi connectivity index (χ2n) is 3.18. The number of hydrogen-bond acceptors (Lipinski definition) is 5. The third kappa shape index (κ3) is 46.1. The minimum Gasteiger partial charge on any atom is -0.478 e. The number of carboxylic acids is 2. The number of hydrogen-bond donors (Lipinski definition) is 4. The summed E-state index contributed by atoms with van der Waals surface area (Å²) in [5, 5.41) is 29.2. The van der Waals surface area contributed by atoms with Crippen molar-refractivity contribution in [2.24, 2.45) is 0 Å². The van der Waals surface area contributed by atoms with E-state index in [0.717, 1.165) is 52.1 Å². The molecule has 7 heteroatoms. The Labute approximate surface area is 125 Å². The molecule has 0 heterocycles. The Bertz CT molecular complexity index is 259. The Morgan fingerprint density at radius 1 is 0.857 bits per heavy atom. The normalized spacial score (nSPS) is 11.1. The topological polar surface area (TPSA) is 132 Å². The summed E-state index contributed by atoms with van der Waals surface area (Å²) in [6, 6.07) is 0. The van der Waals surface area contributed by atoms with E-state index in [9.17, 15) is 14.4 Å². The summed E-state index contributed by atoms with van der Waals surface area (Å²) >= 11 is 0. The molecule has 0 aromatic carbocycles. The van der Waals surface area contributed by atoms with E-state index in [0.29, 0.717) is 5.78 Å². The van der Waals surface area contributed by atoms with Gasteiger partial charge in [-0.3, -0.25) is 4.79 Å². The van der Waals surface area contributed by atoms with Crippen molar-refractivity contribution in [3.63, 3.8) is 0 Å². The zero-order valence-corrected chi connectivity index (χ0v) is 12.6. The van der Waals surface area contributed by atoms with Crippen LogP contribution in [0.1, 0.15) is 32.1 Å². The number of aliphatic carboxylic acids is 2. The Hall–Kier alpha value is -1.99. The molecule has 0 aliphatic heterocycles. The Morgan fingerprint density at radius 3 is 1.19 bits per heavy atom. The minimum atomic E-state index is -0.981. The lowest BCUT2D eigenvalue weighted by Gasteiger charge is -2.05. The molecule has 1 aliphatic rings. The van der Waals surface area contributed by atoms with Crippen LogP contribution in [-0.2, 0) is 14.4 Å². The molecular formula is C14H26O7. The summed E-state index contributed by atoms with van der Waals surface area (Å²) in [6.45, 7) is 5.92. The predicted molar refractivity (Wildman–Crippen MR) is 80.0 cm³/mol. The molecule has 21 heavy (non-hydrogen) atoms. The average Bonchev–Trinajstić information content (AvgIpc) is 2.53. The van der Waals surface area contributed by atoms with Gasteiger partial charge in [-0.1, -0.05) is 19.6 Å². The standard InChI is InChI=1S/C6H10O.2C3H4O2.2CH4O/c7-6-4-2-1-3-5-6;2*1-2-3(4)5;2*1-2/h1-5H2;2*2H,1H2,(H,4,5);2*2H,1H3. The molecular weight excluding hydrogens is 280 g/mol. The predicted octanol–water partition coefficient (Wildman–Crippen LogP) is 1.25. The number of Topliss-reactive ketones (excluding diaryl/α,β-unsaturated/α-hetero) is 1. The first-order valence-electron chi connectivity index (χ1n) is 6.05. The Kier molecular flexibility index (Phi) is 34.6. The van der Waals surface area contributed by atoms with Crippen LogP contribution in [0.3, 0.4) is 0 Å². The number of carbonyl (C=O) groups is 3. The van der Waals surface area contributed by atoms with E-state index in [1.165, 1.54) is 6.42 Å². The summed E-state index contributed by atoms with van der Waals surface area (Å²) in [5.41, 5.74) is 0. The second-order valence-corrected chi connectivity index (χ2v) is 3.18. The van der Waals surface area contributed by atoms with Gasteiger partial charge in [-0.25, -0.2) is 9.59 Å². The van der Waals surface area contributed by atoms with E-state index in [1.807, 2.05) is 0 Å². The molecule has 1 saturated carbocycles. The van der Waals surface area contributed by atoms with Crippen LogP contribution < -0.4 is 0 Å². The zero-order valence-electron chi connectivity index (χ0n) is 12.6. The lowest BCUT2D eigenvalue weighted by molar-refractivity contribution is -0.132. The third-order valence-electron chi connectivity index (χ3n) is 1.76. The maximum atomic E-state index is 10.5. The SMILES string of the molecule is C=CC(=O)O.C=CC(=O)O.CO.CO.O=C1CCCCC1. The molecule has 0 unspecified atom stereocenters. The highest BCUT2D eigenvalue weighted by molar-refractivity contribution is 5.79. The lowest BCUT2D eigenvalue weighted by Crippen LogP contribution is -2.02. The van der Waals surface area contributed by atoms with Crippen molar-refractivity contribution in [2.45, 2.75) is 32.1 Å². The molecule has 0 spiro atoms. The van der Waals surface area contributed by atoms with E-state index in [2.05, 4.69) is 13.2 Å². The molecule has 0 aromatic heterocycles. The maximum Gasteiger partial charge on any atom is 0.327 e. The molecule has 7 nitrogen and oxygen atoms in total. The highest BCUT2D eigenvalue weighted by Gasteiger charge is 2.05. The first-order chi connectivity index (χ1) is 9.93. The summed E-state index contributed by atoms with van der Waals surface area (Å²) < 4.78 is 0. The van der Waals surface area contributed by atoms with Crippen LogP contribution in [0.2, 0.25) is 0 Å². The molecule has 0 saturated heterocycles. The van der Waals surface area contributed by atoms with Crippen LogP contribution in [0.4, 0.5) is 0 Å². The Morgan fingerprint density at radius 2 is 1.10 bits per heavy atom. The molecule has 0 bridgehead atoms. The van der Waals surface area contributed by atoms with Crippen LogP contribution in [0, 0.1) is 0 Å². The number of carbonyl (C=O) groups excluding carboxylic acids is 1. The molecule has 0 atom stereocenters. The molecule has 4 N–H and O–H groups in total. The van der Waals surface area contributed by atoms with Gasteiger partial charge in [-0.2, -0.15) is 0 Å². The lowest BCUT2D eigenvalue weighted by atomic mass is 10.00. The third-order valence-corrected chi connectivity index (χ3v) is 1.76. The van der Waals surface area contributed by atoms with Gasteiger partial charge in [0.15, 0.2) is 0 Å². The fraction of sp³-hybridized carbons (Fsp3) is 0.500. The van der Waals surface area contributed by atoms with E-state index in [1.54, 1.807) is 0 Å². The smallest absolute Gasteiger partial charge is 0.327 e. The van der Waals surface area contributed by atoms with Gasteiger partial charge in [0.25, 0.3) is 0 Å². The van der Waals surface area contributed by atoms with Gasteiger partial charge in [-0.05, 0) is 12.8 Å². The van der Waals surface area contributed by atoms with Gasteiger partial charge < -0.3 is 20.4 Å². The minimum absolute atomic E-state index is 0.464. The van der Waals surface area contributed by atoms with Crippen LogP contribution in [0.5, 0.6) is 0 Å². The molecule has 1 aliphatic carbocycles. The fourth-order valence-electron chi connectivity index (χ4n) is 0.946. The van der Waals surface area contributed by atoms with Crippen molar-refractivity contribution in [3.8, 4) is 0 Å². The summed E-state index contributed by atoms with van der Waals surface area (Å²) in [7, 11) is 2.00. The van der Waals surface area contributed by atoms with Gasteiger partial charge in [0.05, 0.1) is 0 Å². The van der Waals surface area contributed by atoms with Crippen molar-refractivity contribution >= 4 is 17.7 Å². The first-order valence-corrected chi connectivity index (χ1v) is 6.05. The van der Waals surface area contributed by atoms with Gasteiger partial charge in [0, 0.05) is 39.2 Å². The van der Waals surface area contributed by atoms with Crippen molar-refractivity contribution in [1.29, 1.82) is 0 Å². The molecule has 0 radical (unpaired) electrons. The molecule has 0 aromatic rings. The number of carboxylic acid groups (broad SMARTS) is 2. The van der Waals surface area contributed by atoms with Crippen molar-refractivity contribution < 1.29 is 34.8 Å². The molecule has 124 valence electrons. The van der Waals surface area contributed by atoms with E-state index in [-0.39, 0.29) is 0 Å². The maximum absolute atomic E-state index is 10.5. The Balaban J connectivity index is -0.0000000939. The van der Waals surface area contributed by atoms with Gasteiger partial charge in [0.1, 0.15) is 5.78 Å². The average molecular weight is 306 g/mol. The second kappa shape index (κ2) is 26.5.